The van der Waals surface area contributed by atoms with Crippen LogP contribution in [0.1, 0.15) is 17.5 Å². The first-order chi connectivity index (χ1) is 16.6. The third-order valence-corrected chi connectivity index (χ3v) is 5.73. The van der Waals surface area contributed by atoms with Crippen molar-refractivity contribution in [3.63, 3.8) is 0 Å². The van der Waals surface area contributed by atoms with Gasteiger partial charge in [-0.25, -0.2) is 4.79 Å². The normalized spacial score (nSPS) is 14.7. The first kappa shape index (κ1) is 23.4. The molecule has 0 saturated heterocycles. The van der Waals surface area contributed by atoms with Crippen LogP contribution in [0.3, 0.4) is 0 Å². The summed E-state index contributed by atoms with van der Waals surface area (Å²) in [5.74, 6) is 1.32. The van der Waals surface area contributed by atoms with E-state index in [-0.39, 0.29) is 12.1 Å². The van der Waals surface area contributed by atoms with Crippen LogP contribution in [0.15, 0.2) is 78.0 Å². The first-order valence-electron chi connectivity index (χ1n) is 10.9. The zero-order valence-electron chi connectivity index (χ0n) is 19.0. The second-order valence-corrected chi connectivity index (χ2v) is 8.28. The van der Waals surface area contributed by atoms with Crippen molar-refractivity contribution >= 4 is 29.0 Å². The lowest BCUT2D eigenvalue weighted by Gasteiger charge is -2.26. The minimum absolute atomic E-state index is 0.268. The molecule has 176 valence electrons. The average Bonchev–Trinajstić information content (AvgIpc) is 3.33. The van der Waals surface area contributed by atoms with E-state index in [4.69, 9.17) is 25.9 Å². The third-order valence-electron chi connectivity index (χ3n) is 5.48. The lowest BCUT2D eigenvalue weighted by molar-refractivity contribution is 0.0608. The summed E-state index contributed by atoms with van der Waals surface area (Å²) in [7, 11) is 3.19. The molecule has 34 heavy (non-hydrogen) atoms. The van der Waals surface area contributed by atoms with Crippen LogP contribution < -0.4 is 14.8 Å². The quantitative estimate of drug-likeness (QED) is 0.457. The number of hydrogen-bond acceptors (Lipinski definition) is 5. The maximum Gasteiger partial charge on any atom is 0.322 e. The van der Waals surface area contributed by atoms with Gasteiger partial charge < -0.3 is 24.5 Å². The largest absolute Gasteiger partial charge is 0.497 e. The zero-order valence-corrected chi connectivity index (χ0v) is 19.8. The first-order valence-corrected chi connectivity index (χ1v) is 11.2. The molecule has 3 aromatic carbocycles. The number of hydrogen-bond donors (Lipinski definition) is 1. The molecule has 1 aliphatic heterocycles. The lowest BCUT2D eigenvalue weighted by Crippen LogP contribution is -2.40. The number of halogens is 1. The highest BCUT2D eigenvalue weighted by atomic mass is 35.5. The molecular weight excluding hydrogens is 454 g/mol. The van der Waals surface area contributed by atoms with Crippen molar-refractivity contribution in [3.05, 3.63) is 88.9 Å². The lowest BCUT2D eigenvalue weighted by atomic mass is 10.0. The zero-order chi connectivity index (χ0) is 23.9. The number of amides is 2. The van der Waals surface area contributed by atoms with E-state index in [0.29, 0.717) is 36.0 Å². The molecule has 3 aromatic rings. The monoisotopic (exact) mass is 479 g/mol. The van der Waals surface area contributed by atoms with E-state index in [2.05, 4.69) is 10.5 Å². The van der Waals surface area contributed by atoms with Gasteiger partial charge in [-0.3, -0.25) is 0 Å². The molecule has 8 heteroatoms. The average molecular weight is 480 g/mol. The van der Waals surface area contributed by atoms with Crippen LogP contribution in [0.2, 0.25) is 5.02 Å². The van der Waals surface area contributed by atoms with Gasteiger partial charge in [0.1, 0.15) is 11.5 Å². The van der Waals surface area contributed by atoms with Crippen molar-refractivity contribution in [2.75, 3.05) is 26.1 Å². The van der Waals surface area contributed by atoms with Gasteiger partial charge in [0.15, 0.2) is 6.10 Å². The summed E-state index contributed by atoms with van der Waals surface area (Å²) in [4.78, 5) is 20.7. The highest BCUT2D eigenvalue weighted by Gasteiger charge is 2.27. The molecule has 0 unspecified atom stereocenters. The molecule has 7 nitrogen and oxygen atoms in total. The van der Waals surface area contributed by atoms with Crippen LogP contribution in [-0.4, -0.2) is 43.5 Å². The van der Waals surface area contributed by atoms with Gasteiger partial charge in [0.05, 0.1) is 32.2 Å². The summed E-state index contributed by atoms with van der Waals surface area (Å²) in [5.41, 5.74) is 3.31. The Morgan fingerprint density at radius 1 is 1.09 bits per heavy atom. The fourth-order valence-electron chi connectivity index (χ4n) is 3.74. The molecule has 1 atom stereocenters. The predicted octanol–water partition coefficient (Wildman–Crippen LogP) is 5.58. The van der Waals surface area contributed by atoms with Crippen molar-refractivity contribution in [1.82, 2.24) is 4.90 Å². The van der Waals surface area contributed by atoms with Crippen LogP contribution in [0, 0.1) is 0 Å². The van der Waals surface area contributed by atoms with Crippen LogP contribution in [0.25, 0.3) is 0 Å². The van der Waals surface area contributed by atoms with Crippen molar-refractivity contribution in [2.45, 2.75) is 19.1 Å². The second-order valence-electron chi connectivity index (χ2n) is 7.84. The van der Waals surface area contributed by atoms with E-state index in [1.165, 1.54) is 0 Å². The number of anilines is 1. The van der Waals surface area contributed by atoms with Crippen molar-refractivity contribution in [1.29, 1.82) is 0 Å². The number of carbonyl (C=O) groups excluding carboxylic acids is 1. The van der Waals surface area contributed by atoms with E-state index in [1.807, 2.05) is 60.7 Å². The highest BCUT2D eigenvalue weighted by Crippen LogP contribution is 2.25. The Kier molecular flexibility index (Phi) is 7.54. The van der Waals surface area contributed by atoms with Crippen LogP contribution in [0.4, 0.5) is 10.5 Å². The predicted molar refractivity (Wildman–Crippen MR) is 133 cm³/mol. The Labute approximate surface area is 203 Å². The summed E-state index contributed by atoms with van der Waals surface area (Å²) in [6.45, 7) is 0.715. The number of oxime groups is 1. The molecule has 0 fully saturated rings. The molecule has 0 bridgehead atoms. The molecule has 0 aliphatic carbocycles. The Balaban J connectivity index is 1.50. The fraction of sp³-hybridized carbons (Fsp3) is 0.231. The minimum atomic E-state index is -0.278. The number of nitrogens with zero attached hydrogens (tertiary/aromatic N) is 2. The number of benzene rings is 3. The number of urea groups is 1. The molecular formula is C26H26ClN3O4. The van der Waals surface area contributed by atoms with Gasteiger partial charge in [-0.05, 0) is 47.5 Å². The SMILES string of the molecule is COc1cccc(CN(C[C@@H]2CC(c3ccc(Cl)cc3)=NO2)C(=O)Nc2ccccc2OC)c1. The van der Waals surface area contributed by atoms with Gasteiger partial charge in [-0.1, -0.05) is 53.2 Å². The number of carbonyl (C=O) groups is 1. The molecule has 1 heterocycles. The van der Waals surface area contributed by atoms with Crippen molar-refractivity contribution in [3.8, 4) is 11.5 Å². The molecule has 0 saturated carbocycles. The van der Waals surface area contributed by atoms with E-state index in [9.17, 15) is 4.79 Å². The number of methoxy groups -OCH3 is 2. The number of ether oxygens (including phenoxy) is 2. The van der Waals surface area contributed by atoms with Gasteiger partial charge >= 0.3 is 6.03 Å². The van der Waals surface area contributed by atoms with Gasteiger partial charge in [0.25, 0.3) is 0 Å². The molecule has 0 aromatic heterocycles. The van der Waals surface area contributed by atoms with E-state index >= 15 is 0 Å². The highest BCUT2D eigenvalue weighted by molar-refractivity contribution is 6.30. The Bertz CT molecular complexity index is 1170. The van der Waals surface area contributed by atoms with Gasteiger partial charge in [-0.2, -0.15) is 0 Å². The topological polar surface area (TPSA) is 72.4 Å². The summed E-state index contributed by atoms with van der Waals surface area (Å²) >= 11 is 6.00. The van der Waals surface area contributed by atoms with Crippen molar-refractivity contribution < 1.29 is 19.1 Å². The molecule has 2 amide bonds. The maximum atomic E-state index is 13.3. The summed E-state index contributed by atoms with van der Waals surface area (Å²) in [6, 6.07) is 22.1. The number of para-hydroxylation sites is 2. The number of nitrogens with one attached hydrogen (secondary N) is 1. The molecule has 1 aliphatic rings. The Hall–Kier alpha value is -3.71. The fourth-order valence-corrected chi connectivity index (χ4v) is 3.86. The van der Waals surface area contributed by atoms with Gasteiger partial charge in [-0.15, -0.1) is 0 Å². The van der Waals surface area contributed by atoms with Crippen molar-refractivity contribution in [2.24, 2.45) is 5.16 Å². The summed E-state index contributed by atoms with van der Waals surface area (Å²) in [5, 5.41) is 7.87. The smallest absolute Gasteiger partial charge is 0.322 e. The van der Waals surface area contributed by atoms with Crippen LogP contribution >= 0.6 is 11.6 Å². The van der Waals surface area contributed by atoms with Gasteiger partial charge in [0.2, 0.25) is 0 Å². The summed E-state index contributed by atoms with van der Waals surface area (Å²) < 4.78 is 10.7. The Morgan fingerprint density at radius 3 is 2.65 bits per heavy atom. The standard InChI is InChI=1S/C26H26ClN3O4/c1-32-21-7-5-6-18(14-21)16-30(26(31)28-23-8-3-4-9-25(23)33-2)17-22-15-24(29-34-22)19-10-12-20(27)13-11-19/h3-14,22H,15-17H2,1-2H3,(H,28,31)/t22-/m0/s1. The Morgan fingerprint density at radius 2 is 1.88 bits per heavy atom. The third kappa shape index (κ3) is 5.80. The molecule has 0 radical (unpaired) electrons. The summed E-state index contributed by atoms with van der Waals surface area (Å²) in [6.07, 6.45) is 0.303. The van der Waals surface area contributed by atoms with Crippen LogP contribution in [-0.2, 0) is 11.4 Å². The molecule has 4 rings (SSSR count). The minimum Gasteiger partial charge on any atom is -0.497 e. The van der Waals surface area contributed by atoms with E-state index in [0.717, 1.165) is 22.6 Å². The van der Waals surface area contributed by atoms with E-state index < -0.39 is 0 Å². The number of rotatable bonds is 8. The molecule has 1 N–H and O–H groups in total. The van der Waals surface area contributed by atoms with Gasteiger partial charge in [0, 0.05) is 18.0 Å². The van der Waals surface area contributed by atoms with Crippen LogP contribution in [0.5, 0.6) is 11.5 Å². The molecule has 0 spiro atoms. The van der Waals surface area contributed by atoms with E-state index in [1.54, 1.807) is 31.3 Å². The second kappa shape index (κ2) is 10.9. The maximum absolute atomic E-state index is 13.3.